The van der Waals surface area contributed by atoms with E-state index in [2.05, 4.69) is 31.4 Å². The quantitative estimate of drug-likeness (QED) is 0.569. The van der Waals surface area contributed by atoms with Gasteiger partial charge >= 0.3 is 0 Å². The number of hydrogen-bond acceptors (Lipinski definition) is 2. The van der Waals surface area contributed by atoms with Crippen LogP contribution >= 0.6 is 0 Å². The molecule has 0 saturated heterocycles. The van der Waals surface area contributed by atoms with Gasteiger partial charge in [0.05, 0.1) is 12.2 Å². The van der Waals surface area contributed by atoms with E-state index in [0.717, 1.165) is 31.3 Å². The van der Waals surface area contributed by atoms with E-state index in [4.69, 9.17) is 4.74 Å². The summed E-state index contributed by atoms with van der Waals surface area (Å²) in [4.78, 5) is 0. The molecule has 2 aliphatic rings. The zero-order chi connectivity index (χ0) is 13.1. The van der Waals surface area contributed by atoms with Crippen LogP contribution in [0.1, 0.15) is 39.5 Å². The van der Waals surface area contributed by atoms with E-state index < -0.39 is 6.10 Å². The van der Waals surface area contributed by atoms with E-state index in [-0.39, 0.29) is 18.1 Å². The maximum atomic E-state index is 10.2. The minimum absolute atomic E-state index is 0.0742. The highest BCUT2D eigenvalue weighted by Crippen LogP contribution is 2.32. The van der Waals surface area contributed by atoms with Crippen LogP contribution in [-0.2, 0) is 4.74 Å². The van der Waals surface area contributed by atoms with Crippen LogP contribution in [-0.4, -0.2) is 23.4 Å². The Morgan fingerprint density at radius 3 is 3.00 bits per heavy atom. The van der Waals surface area contributed by atoms with Crippen molar-refractivity contribution in [1.82, 2.24) is 0 Å². The van der Waals surface area contributed by atoms with Gasteiger partial charge in [0.1, 0.15) is 6.10 Å². The second kappa shape index (κ2) is 5.73. The summed E-state index contributed by atoms with van der Waals surface area (Å²) >= 11 is 0. The molecule has 1 N–H and O–H groups in total. The van der Waals surface area contributed by atoms with Gasteiger partial charge in [-0.1, -0.05) is 24.1 Å². The summed E-state index contributed by atoms with van der Waals surface area (Å²) in [5.74, 6) is 5.90. The fourth-order valence-corrected chi connectivity index (χ4v) is 2.73. The van der Waals surface area contributed by atoms with Crippen LogP contribution in [0.3, 0.4) is 0 Å². The molecule has 2 bridgehead atoms. The third-order valence-electron chi connectivity index (χ3n) is 3.79. The Bertz CT molecular complexity index is 411. The average molecular weight is 246 g/mol. The second-order valence-electron chi connectivity index (χ2n) is 5.38. The van der Waals surface area contributed by atoms with Crippen molar-refractivity contribution in [2.75, 3.05) is 0 Å². The largest absolute Gasteiger partial charge is 0.380 e. The standard InChI is InChI=1S/C16H22O2/c1-11(2)16-13(17)8-6-4-5-7-9-14-12(3)10-15(16)18-14/h10,13-17H,1,4-5,7,9H2,2-3H3/t13-,14-,15+,16+/m1/s1. The molecule has 0 amide bonds. The van der Waals surface area contributed by atoms with Crippen LogP contribution in [0.25, 0.3) is 0 Å². The molecule has 0 spiro atoms. The average Bonchev–Trinajstić information content (AvgIpc) is 2.61. The third-order valence-corrected chi connectivity index (χ3v) is 3.79. The van der Waals surface area contributed by atoms with Crippen LogP contribution in [0.5, 0.6) is 0 Å². The van der Waals surface area contributed by atoms with Gasteiger partial charge in [0.2, 0.25) is 0 Å². The van der Waals surface area contributed by atoms with Crippen molar-refractivity contribution in [3.63, 3.8) is 0 Å². The van der Waals surface area contributed by atoms with E-state index >= 15 is 0 Å². The van der Waals surface area contributed by atoms with Crippen molar-refractivity contribution >= 4 is 0 Å². The number of aliphatic hydroxyl groups excluding tert-OH is 1. The van der Waals surface area contributed by atoms with Crippen LogP contribution in [0.2, 0.25) is 0 Å². The van der Waals surface area contributed by atoms with Gasteiger partial charge in [0.15, 0.2) is 0 Å². The molecule has 2 nitrogen and oxygen atoms in total. The molecular weight excluding hydrogens is 224 g/mol. The molecule has 0 aromatic heterocycles. The minimum Gasteiger partial charge on any atom is -0.380 e. The van der Waals surface area contributed by atoms with Crippen LogP contribution in [0.4, 0.5) is 0 Å². The molecule has 0 saturated carbocycles. The normalized spacial score (nSPS) is 36.1. The lowest BCUT2D eigenvalue weighted by molar-refractivity contribution is 0.000398. The Morgan fingerprint density at radius 1 is 1.50 bits per heavy atom. The zero-order valence-electron chi connectivity index (χ0n) is 11.3. The molecule has 0 unspecified atom stereocenters. The van der Waals surface area contributed by atoms with Crippen LogP contribution in [0.15, 0.2) is 23.8 Å². The molecule has 0 radical (unpaired) electrons. The number of fused-ring (bicyclic) bond motifs is 2. The van der Waals surface area contributed by atoms with Crippen molar-refractivity contribution in [1.29, 1.82) is 0 Å². The maximum Gasteiger partial charge on any atom is 0.124 e. The molecule has 98 valence electrons. The lowest BCUT2D eigenvalue weighted by Crippen LogP contribution is -2.32. The maximum absolute atomic E-state index is 10.2. The molecule has 2 heteroatoms. The smallest absolute Gasteiger partial charge is 0.124 e. The fourth-order valence-electron chi connectivity index (χ4n) is 2.73. The predicted octanol–water partition coefficient (Wildman–Crippen LogP) is 2.83. The summed E-state index contributed by atoms with van der Waals surface area (Å²) in [5, 5.41) is 10.2. The Hall–Kier alpha value is -1.04. The highest BCUT2D eigenvalue weighted by atomic mass is 16.5. The van der Waals surface area contributed by atoms with E-state index in [0.29, 0.717) is 0 Å². The summed E-state index contributed by atoms with van der Waals surface area (Å²) in [6, 6.07) is 0. The third kappa shape index (κ3) is 2.85. The molecule has 18 heavy (non-hydrogen) atoms. The van der Waals surface area contributed by atoms with Gasteiger partial charge in [-0.15, -0.1) is 5.92 Å². The van der Waals surface area contributed by atoms with Gasteiger partial charge in [-0.25, -0.2) is 0 Å². The summed E-state index contributed by atoms with van der Waals surface area (Å²) < 4.78 is 6.07. The minimum atomic E-state index is -0.673. The van der Waals surface area contributed by atoms with Gasteiger partial charge in [0.25, 0.3) is 0 Å². The van der Waals surface area contributed by atoms with Gasteiger partial charge in [-0.2, -0.15) is 0 Å². The Balaban J connectivity index is 2.26. The first-order valence-electron chi connectivity index (χ1n) is 6.75. The Morgan fingerprint density at radius 2 is 2.28 bits per heavy atom. The molecule has 0 aromatic carbocycles. The van der Waals surface area contributed by atoms with E-state index in [1.165, 1.54) is 5.57 Å². The summed E-state index contributed by atoms with van der Waals surface area (Å²) in [6.07, 6.45) is 5.72. The zero-order valence-corrected chi connectivity index (χ0v) is 11.3. The van der Waals surface area contributed by atoms with Crippen LogP contribution in [0, 0.1) is 17.8 Å². The molecule has 2 aliphatic heterocycles. The van der Waals surface area contributed by atoms with Crippen molar-refractivity contribution in [2.24, 2.45) is 5.92 Å². The van der Waals surface area contributed by atoms with Gasteiger partial charge < -0.3 is 9.84 Å². The van der Waals surface area contributed by atoms with Gasteiger partial charge in [-0.3, -0.25) is 0 Å². The van der Waals surface area contributed by atoms with Crippen molar-refractivity contribution in [2.45, 2.75) is 57.8 Å². The van der Waals surface area contributed by atoms with E-state index in [1.807, 2.05) is 6.92 Å². The van der Waals surface area contributed by atoms with Crippen molar-refractivity contribution < 1.29 is 9.84 Å². The Kier molecular flexibility index (Phi) is 4.27. The lowest BCUT2D eigenvalue weighted by atomic mass is 9.89. The monoisotopic (exact) mass is 246 g/mol. The highest BCUT2D eigenvalue weighted by molar-refractivity contribution is 5.23. The van der Waals surface area contributed by atoms with E-state index in [9.17, 15) is 5.11 Å². The molecular formula is C16H22O2. The summed E-state index contributed by atoms with van der Waals surface area (Å²) in [6.45, 7) is 8.04. The van der Waals surface area contributed by atoms with E-state index in [1.54, 1.807) is 0 Å². The first-order valence-corrected chi connectivity index (χ1v) is 6.75. The number of aliphatic hydroxyl groups is 1. The van der Waals surface area contributed by atoms with Crippen LogP contribution < -0.4 is 0 Å². The summed E-state index contributed by atoms with van der Waals surface area (Å²) in [5.41, 5.74) is 2.22. The van der Waals surface area contributed by atoms with Crippen molar-refractivity contribution in [3.05, 3.63) is 23.8 Å². The number of ether oxygens (including phenoxy) is 1. The van der Waals surface area contributed by atoms with Gasteiger partial charge in [0, 0.05) is 12.3 Å². The second-order valence-corrected chi connectivity index (χ2v) is 5.38. The molecule has 2 rings (SSSR count). The molecule has 4 atom stereocenters. The SMILES string of the molecule is C=C(C)[C@H]1[C@H](O)C#CCCCC[C@H]2O[C@H]1C=C2C. The Labute approximate surface area is 110 Å². The van der Waals surface area contributed by atoms with Gasteiger partial charge in [-0.05, 0) is 38.7 Å². The molecule has 0 fully saturated rings. The topological polar surface area (TPSA) is 29.5 Å². The lowest BCUT2D eigenvalue weighted by Gasteiger charge is -2.26. The predicted molar refractivity (Wildman–Crippen MR) is 73.0 cm³/mol. The first kappa shape index (κ1) is 13.4. The molecule has 0 aliphatic carbocycles. The highest BCUT2D eigenvalue weighted by Gasteiger charge is 2.34. The molecule has 0 aromatic rings. The van der Waals surface area contributed by atoms with Crippen molar-refractivity contribution in [3.8, 4) is 11.8 Å². The summed E-state index contributed by atoms with van der Waals surface area (Å²) in [7, 11) is 0. The number of rotatable bonds is 1. The molecule has 2 heterocycles. The first-order chi connectivity index (χ1) is 8.59. The fraction of sp³-hybridized carbons (Fsp3) is 0.625. The number of hydrogen-bond donors (Lipinski definition) is 1.